The van der Waals surface area contributed by atoms with E-state index < -0.39 is 11.7 Å². The van der Waals surface area contributed by atoms with E-state index in [1.165, 1.54) is 17.7 Å². The molecule has 0 heterocycles. The fourth-order valence-corrected chi connectivity index (χ4v) is 3.66. The SMILES string of the molecule is FC(F)(F)c1ccccc1C1CCCc2ccc(CBr)cc21. The van der Waals surface area contributed by atoms with Gasteiger partial charge in [-0.05, 0) is 47.6 Å². The zero-order valence-corrected chi connectivity index (χ0v) is 13.5. The minimum atomic E-state index is -4.30. The van der Waals surface area contributed by atoms with Crippen LogP contribution in [0.15, 0.2) is 42.5 Å². The second-order valence-electron chi connectivity index (χ2n) is 5.70. The van der Waals surface area contributed by atoms with Crippen molar-refractivity contribution in [3.05, 3.63) is 70.3 Å². The summed E-state index contributed by atoms with van der Waals surface area (Å²) in [5, 5.41) is 0.716. The summed E-state index contributed by atoms with van der Waals surface area (Å²) in [6, 6.07) is 12.2. The molecule has 1 aliphatic rings. The van der Waals surface area contributed by atoms with Crippen LogP contribution in [0.25, 0.3) is 0 Å². The van der Waals surface area contributed by atoms with Gasteiger partial charge in [-0.1, -0.05) is 52.3 Å². The summed E-state index contributed by atoms with van der Waals surface area (Å²) in [6.07, 6.45) is -1.66. The molecule has 0 radical (unpaired) electrons. The van der Waals surface area contributed by atoms with E-state index in [4.69, 9.17) is 0 Å². The zero-order valence-electron chi connectivity index (χ0n) is 12.0. The van der Waals surface area contributed by atoms with E-state index in [9.17, 15) is 13.2 Å². The lowest BCUT2D eigenvalue weighted by atomic mass is 9.77. The molecule has 0 saturated carbocycles. The Morgan fingerprint density at radius 2 is 1.82 bits per heavy atom. The molecule has 2 aromatic carbocycles. The standard InChI is InChI=1S/C18H16BrF3/c19-11-12-8-9-13-4-3-6-14(16(13)10-12)15-5-1-2-7-17(15)18(20,21)22/h1-2,5,7-10,14H,3-4,6,11H2. The van der Waals surface area contributed by atoms with Gasteiger partial charge in [-0.3, -0.25) is 0 Å². The second-order valence-corrected chi connectivity index (χ2v) is 6.26. The van der Waals surface area contributed by atoms with Gasteiger partial charge in [0.15, 0.2) is 0 Å². The van der Waals surface area contributed by atoms with Gasteiger partial charge < -0.3 is 0 Å². The Hall–Kier alpha value is -1.29. The van der Waals surface area contributed by atoms with Crippen LogP contribution in [0.3, 0.4) is 0 Å². The Kier molecular flexibility index (Phi) is 4.31. The minimum absolute atomic E-state index is 0.166. The van der Waals surface area contributed by atoms with Gasteiger partial charge in [-0.25, -0.2) is 0 Å². The van der Waals surface area contributed by atoms with E-state index in [2.05, 4.69) is 28.1 Å². The Morgan fingerprint density at radius 3 is 2.55 bits per heavy atom. The highest BCUT2D eigenvalue weighted by molar-refractivity contribution is 9.08. The lowest BCUT2D eigenvalue weighted by Crippen LogP contribution is -2.17. The maximum absolute atomic E-state index is 13.3. The van der Waals surface area contributed by atoms with Crippen molar-refractivity contribution in [2.75, 3.05) is 0 Å². The topological polar surface area (TPSA) is 0 Å². The van der Waals surface area contributed by atoms with Crippen molar-refractivity contribution in [2.24, 2.45) is 0 Å². The van der Waals surface area contributed by atoms with Crippen molar-refractivity contribution in [1.82, 2.24) is 0 Å². The summed E-state index contributed by atoms with van der Waals surface area (Å²) in [5.74, 6) is -0.166. The van der Waals surface area contributed by atoms with Gasteiger partial charge in [0.1, 0.15) is 0 Å². The van der Waals surface area contributed by atoms with E-state index in [0.29, 0.717) is 10.9 Å². The smallest absolute Gasteiger partial charge is 0.166 e. The Balaban J connectivity index is 2.12. The number of aryl methyl sites for hydroxylation is 1. The minimum Gasteiger partial charge on any atom is -0.166 e. The summed E-state index contributed by atoms with van der Waals surface area (Å²) < 4.78 is 40.0. The van der Waals surface area contributed by atoms with Crippen molar-refractivity contribution in [3.63, 3.8) is 0 Å². The van der Waals surface area contributed by atoms with E-state index in [1.54, 1.807) is 12.1 Å². The average Bonchev–Trinajstić information content (AvgIpc) is 2.53. The first-order chi connectivity index (χ1) is 10.5. The molecule has 0 amide bonds. The first-order valence-corrected chi connectivity index (χ1v) is 8.46. The number of hydrogen-bond donors (Lipinski definition) is 0. The second kappa shape index (κ2) is 6.07. The van der Waals surface area contributed by atoms with E-state index in [1.807, 2.05) is 6.07 Å². The summed E-state index contributed by atoms with van der Waals surface area (Å²) >= 11 is 3.43. The van der Waals surface area contributed by atoms with Gasteiger partial charge in [0.05, 0.1) is 5.56 Å². The lowest BCUT2D eigenvalue weighted by Gasteiger charge is -2.28. The summed E-state index contributed by atoms with van der Waals surface area (Å²) in [7, 11) is 0. The molecular formula is C18H16BrF3. The lowest BCUT2D eigenvalue weighted by molar-refractivity contribution is -0.138. The molecule has 0 spiro atoms. The molecule has 0 bridgehead atoms. The zero-order chi connectivity index (χ0) is 15.7. The molecule has 22 heavy (non-hydrogen) atoms. The summed E-state index contributed by atoms with van der Waals surface area (Å²) in [5.41, 5.74) is 3.24. The fraction of sp³-hybridized carbons (Fsp3) is 0.333. The number of alkyl halides is 4. The first-order valence-electron chi connectivity index (χ1n) is 7.34. The van der Waals surface area contributed by atoms with Crippen LogP contribution in [0, 0.1) is 0 Å². The quantitative estimate of drug-likeness (QED) is 0.564. The third kappa shape index (κ3) is 2.94. The van der Waals surface area contributed by atoms with Crippen LogP contribution < -0.4 is 0 Å². The van der Waals surface area contributed by atoms with E-state index in [-0.39, 0.29) is 5.92 Å². The van der Waals surface area contributed by atoms with E-state index in [0.717, 1.165) is 30.4 Å². The van der Waals surface area contributed by atoms with Gasteiger partial charge in [-0.2, -0.15) is 13.2 Å². The van der Waals surface area contributed by atoms with Crippen LogP contribution in [0.2, 0.25) is 0 Å². The van der Waals surface area contributed by atoms with Crippen LogP contribution in [-0.4, -0.2) is 0 Å². The van der Waals surface area contributed by atoms with Crippen LogP contribution >= 0.6 is 15.9 Å². The van der Waals surface area contributed by atoms with Gasteiger partial charge in [0, 0.05) is 11.2 Å². The predicted octanol–water partition coefficient (Wildman–Crippen LogP) is 6.07. The number of benzene rings is 2. The molecule has 1 aliphatic carbocycles. The van der Waals surface area contributed by atoms with Gasteiger partial charge in [0.2, 0.25) is 0 Å². The normalized spacial score (nSPS) is 18.1. The first kappa shape index (κ1) is 15.6. The van der Waals surface area contributed by atoms with E-state index >= 15 is 0 Å². The highest BCUT2D eigenvalue weighted by atomic mass is 79.9. The third-order valence-electron chi connectivity index (χ3n) is 4.32. The Morgan fingerprint density at radius 1 is 1.05 bits per heavy atom. The molecule has 0 nitrogen and oxygen atoms in total. The van der Waals surface area contributed by atoms with Gasteiger partial charge in [0.25, 0.3) is 0 Å². The molecule has 0 fully saturated rings. The molecule has 0 saturated heterocycles. The van der Waals surface area contributed by atoms with Crippen molar-refractivity contribution < 1.29 is 13.2 Å². The van der Waals surface area contributed by atoms with Crippen LogP contribution in [-0.2, 0) is 17.9 Å². The Bertz CT molecular complexity index is 676. The number of rotatable bonds is 2. The van der Waals surface area contributed by atoms with Crippen molar-refractivity contribution in [1.29, 1.82) is 0 Å². The van der Waals surface area contributed by atoms with Crippen LogP contribution in [0.4, 0.5) is 13.2 Å². The molecule has 4 heteroatoms. The maximum Gasteiger partial charge on any atom is 0.416 e. The van der Waals surface area contributed by atoms with Crippen molar-refractivity contribution >= 4 is 15.9 Å². The fourth-order valence-electron chi connectivity index (χ4n) is 3.31. The van der Waals surface area contributed by atoms with Crippen molar-refractivity contribution in [3.8, 4) is 0 Å². The number of hydrogen-bond acceptors (Lipinski definition) is 0. The number of fused-ring (bicyclic) bond motifs is 1. The molecule has 1 unspecified atom stereocenters. The van der Waals surface area contributed by atoms with Crippen molar-refractivity contribution in [2.45, 2.75) is 36.7 Å². The van der Waals surface area contributed by atoms with Gasteiger partial charge in [-0.15, -0.1) is 0 Å². The highest BCUT2D eigenvalue weighted by Crippen LogP contribution is 2.42. The molecule has 0 aromatic heterocycles. The monoisotopic (exact) mass is 368 g/mol. The summed E-state index contributed by atoms with van der Waals surface area (Å²) in [4.78, 5) is 0. The van der Waals surface area contributed by atoms with Crippen LogP contribution in [0.1, 0.15) is 46.6 Å². The number of halogens is 4. The molecule has 1 atom stereocenters. The average molecular weight is 369 g/mol. The Labute approximate surface area is 136 Å². The predicted molar refractivity (Wildman–Crippen MR) is 85.3 cm³/mol. The highest BCUT2D eigenvalue weighted by Gasteiger charge is 2.36. The third-order valence-corrected chi connectivity index (χ3v) is 4.97. The summed E-state index contributed by atoms with van der Waals surface area (Å²) in [6.45, 7) is 0. The van der Waals surface area contributed by atoms with Gasteiger partial charge >= 0.3 is 6.18 Å². The maximum atomic E-state index is 13.3. The molecular weight excluding hydrogens is 353 g/mol. The largest absolute Gasteiger partial charge is 0.416 e. The molecule has 0 aliphatic heterocycles. The molecule has 0 N–H and O–H groups in total. The van der Waals surface area contributed by atoms with Crippen LogP contribution in [0.5, 0.6) is 0 Å². The molecule has 116 valence electrons. The molecule has 2 aromatic rings. The molecule has 3 rings (SSSR count).